The summed E-state index contributed by atoms with van der Waals surface area (Å²) < 4.78 is 17.4. The zero-order valence-electron chi connectivity index (χ0n) is 9.52. The van der Waals surface area contributed by atoms with Gasteiger partial charge in [0.05, 0.1) is 6.61 Å². The summed E-state index contributed by atoms with van der Waals surface area (Å²) in [7, 11) is 0. The van der Waals surface area contributed by atoms with E-state index >= 15 is 0 Å². The van der Waals surface area contributed by atoms with Crippen molar-refractivity contribution in [1.82, 2.24) is 0 Å². The predicted molar refractivity (Wildman–Crippen MR) is 60.6 cm³/mol. The first-order valence-electron chi connectivity index (χ1n) is 5.30. The van der Waals surface area contributed by atoms with Gasteiger partial charge >= 0.3 is 5.97 Å². The van der Waals surface area contributed by atoms with Crippen molar-refractivity contribution >= 4 is 11.7 Å². The third-order valence-corrected chi connectivity index (χ3v) is 2.20. The molecule has 1 N–H and O–H groups in total. The van der Waals surface area contributed by atoms with Gasteiger partial charge in [-0.2, -0.15) is 0 Å². The fraction of sp³-hybridized carbons (Fsp3) is 0.333. The lowest BCUT2D eigenvalue weighted by molar-refractivity contribution is -0.135. The Balaban J connectivity index is 2.54. The average Bonchev–Trinajstić information content (AvgIpc) is 2.32. The molecule has 0 amide bonds. The molecule has 0 aliphatic heterocycles. The first-order chi connectivity index (χ1) is 8.17. The standard InChI is InChI=1S/C12H14FNO3/c1-2-17-12(15)11(14-16)8-5-9-3-6-10(13)7-4-9/h3-4,6-7,16H,2,5,8H2,1H3/b14-11+. The fourth-order valence-electron chi connectivity index (χ4n) is 1.32. The van der Waals surface area contributed by atoms with Crippen LogP contribution in [0.1, 0.15) is 18.9 Å². The van der Waals surface area contributed by atoms with Crippen LogP contribution in [0.25, 0.3) is 0 Å². The molecule has 0 aromatic heterocycles. The van der Waals surface area contributed by atoms with Crippen LogP contribution in [0.3, 0.4) is 0 Å². The summed E-state index contributed by atoms with van der Waals surface area (Å²) in [6.07, 6.45) is 0.736. The highest BCUT2D eigenvalue weighted by molar-refractivity contribution is 6.36. The molecule has 0 aliphatic carbocycles. The van der Waals surface area contributed by atoms with E-state index in [0.717, 1.165) is 5.56 Å². The number of halogens is 1. The van der Waals surface area contributed by atoms with Crippen molar-refractivity contribution in [2.45, 2.75) is 19.8 Å². The molecule has 17 heavy (non-hydrogen) atoms. The molecule has 92 valence electrons. The Bertz CT molecular complexity index is 401. The Hall–Kier alpha value is -1.91. The number of carbonyl (C=O) groups is 1. The Labute approximate surface area is 98.7 Å². The van der Waals surface area contributed by atoms with E-state index in [4.69, 9.17) is 9.94 Å². The van der Waals surface area contributed by atoms with Gasteiger partial charge in [0.25, 0.3) is 0 Å². The van der Waals surface area contributed by atoms with Crippen molar-refractivity contribution in [3.63, 3.8) is 0 Å². The van der Waals surface area contributed by atoms with Crippen molar-refractivity contribution in [2.24, 2.45) is 5.16 Å². The minimum atomic E-state index is -0.628. The normalized spacial score (nSPS) is 11.3. The van der Waals surface area contributed by atoms with Crippen molar-refractivity contribution in [3.8, 4) is 0 Å². The second-order valence-electron chi connectivity index (χ2n) is 3.39. The molecule has 0 spiro atoms. The first-order valence-corrected chi connectivity index (χ1v) is 5.30. The van der Waals surface area contributed by atoms with Crippen LogP contribution in [-0.2, 0) is 16.0 Å². The number of rotatable bonds is 5. The Kier molecular flexibility index (Phi) is 5.13. The van der Waals surface area contributed by atoms with Crippen LogP contribution < -0.4 is 0 Å². The maximum absolute atomic E-state index is 12.6. The van der Waals surface area contributed by atoms with Gasteiger partial charge in [-0.15, -0.1) is 0 Å². The number of esters is 1. The lowest BCUT2D eigenvalue weighted by Gasteiger charge is -2.04. The van der Waals surface area contributed by atoms with Crippen LogP contribution in [0.15, 0.2) is 29.4 Å². The third kappa shape index (κ3) is 4.22. The summed E-state index contributed by atoms with van der Waals surface area (Å²) in [5.41, 5.74) is 0.827. The van der Waals surface area contributed by atoms with E-state index in [9.17, 15) is 9.18 Å². The molecule has 0 unspecified atom stereocenters. The van der Waals surface area contributed by atoms with Crippen molar-refractivity contribution in [3.05, 3.63) is 35.6 Å². The third-order valence-electron chi connectivity index (χ3n) is 2.20. The molecule has 0 aliphatic rings. The second-order valence-corrected chi connectivity index (χ2v) is 3.39. The molecule has 0 atom stereocenters. The van der Waals surface area contributed by atoms with Crippen LogP contribution in [0.5, 0.6) is 0 Å². The predicted octanol–water partition coefficient (Wildman–Crippen LogP) is 2.15. The number of ether oxygens (including phenoxy) is 1. The van der Waals surface area contributed by atoms with E-state index < -0.39 is 5.97 Å². The van der Waals surface area contributed by atoms with E-state index in [0.29, 0.717) is 6.42 Å². The van der Waals surface area contributed by atoms with Gasteiger partial charge in [0.15, 0.2) is 5.71 Å². The Morgan fingerprint density at radius 3 is 2.59 bits per heavy atom. The lowest BCUT2D eigenvalue weighted by atomic mass is 10.1. The monoisotopic (exact) mass is 239 g/mol. The molecular formula is C12H14FNO3. The van der Waals surface area contributed by atoms with Gasteiger partial charge in [0.1, 0.15) is 5.82 Å². The highest BCUT2D eigenvalue weighted by atomic mass is 19.1. The summed E-state index contributed by atoms with van der Waals surface area (Å²) in [5, 5.41) is 11.6. The quantitative estimate of drug-likeness (QED) is 0.370. The molecule has 0 radical (unpaired) electrons. The molecule has 1 rings (SSSR count). The van der Waals surface area contributed by atoms with E-state index in [1.165, 1.54) is 12.1 Å². The molecule has 1 aromatic rings. The van der Waals surface area contributed by atoms with Crippen LogP contribution in [-0.4, -0.2) is 23.5 Å². The number of oxime groups is 1. The molecule has 0 heterocycles. The van der Waals surface area contributed by atoms with Crippen LogP contribution in [0.2, 0.25) is 0 Å². The summed E-state index contributed by atoms with van der Waals surface area (Å²) in [4.78, 5) is 11.3. The van der Waals surface area contributed by atoms with E-state index in [-0.39, 0.29) is 24.6 Å². The number of hydrogen-bond donors (Lipinski definition) is 1. The van der Waals surface area contributed by atoms with Gasteiger partial charge < -0.3 is 9.94 Å². The topological polar surface area (TPSA) is 58.9 Å². The summed E-state index contributed by atoms with van der Waals surface area (Å²) in [6.45, 7) is 1.90. The second kappa shape index (κ2) is 6.62. The fourth-order valence-corrected chi connectivity index (χ4v) is 1.32. The smallest absolute Gasteiger partial charge is 0.356 e. The zero-order chi connectivity index (χ0) is 12.7. The molecule has 0 fully saturated rings. The Morgan fingerprint density at radius 1 is 1.41 bits per heavy atom. The van der Waals surface area contributed by atoms with Crippen molar-refractivity contribution < 1.29 is 19.1 Å². The SMILES string of the molecule is CCOC(=O)/C(CCc1ccc(F)cc1)=N/O. The summed E-state index contributed by atoms with van der Waals surface area (Å²) in [6, 6.07) is 5.93. The molecule has 0 saturated heterocycles. The van der Waals surface area contributed by atoms with Gasteiger partial charge in [-0.1, -0.05) is 17.3 Å². The molecule has 5 heteroatoms. The van der Waals surface area contributed by atoms with E-state index in [2.05, 4.69) is 5.16 Å². The number of benzene rings is 1. The molecule has 0 saturated carbocycles. The van der Waals surface area contributed by atoms with Gasteiger partial charge in [-0.25, -0.2) is 9.18 Å². The van der Waals surface area contributed by atoms with Crippen LogP contribution in [0, 0.1) is 5.82 Å². The number of nitrogens with zero attached hydrogens (tertiary/aromatic N) is 1. The molecule has 0 bridgehead atoms. The molecule has 4 nitrogen and oxygen atoms in total. The maximum Gasteiger partial charge on any atom is 0.356 e. The zero-order valence-corrected chi connectivity index (χ0v) is 9.52. The average molecular weight is 239 g/mol. The first kappa shape index (κ1) is 13.2. The Morgan fingerprint density at radius 2 is 2.06 bits per heavy atom. The van der Waals surface area contributed by atoms with Gasteiger partial charge in [0.2, 0.25) is 0 Å². The molecular weight excluding hydrogens is 225 g/mol. The van der Waals surface area contributed by atoms with Crippen LogP contribution in [0.4, 0.5) is 4.39 Å². The number of hydrogen-bond acceptors (Lipinski definition) is 4. The number of carbonyl (C=O) groups excluding carboxylic acids is 1. The summed E-state index contributed by atoms with van der Waals surface area (Å²) >= 11 is 0. The minimum Gasteiger partial charge on any atom is -0.461 e. The van der Waals surface area contributed by atoms with E-state index in [1.807, 2.05) is 0 Å². The minimum absolute atomic E-state index is 0.0313. The van der Waals surface area contributed by atoms with Gasteiger partial charge in [0, 0.05) is 6.42 Å². The van der Waals surface area contributed by atoms with Gasteiger partial charge in [-0.05, 0) is 31.0 Å². The van der Waals surface area contributed by atoms with E-state index in [1.54, 1.807) is 19.1 Å². The summed E-state index contributed by atoms with van der Waals surface area (Å²) in [5.74, 6) is -0.938. The lowest BCUT2D eigenvalue weighted by Crippen LogP contribution is -2.18. The molecule has 1 aromatic carbocycles. The van der Waals surface area contributed by atoms with Crippen molar-refractivity contribution in [2.75, 3.05) is 6.61 Å². The largest absolute Gasteiger partial charge is 0.461 e. The number of aryl methyl sites for hydroxylation is 1. The highest BCUT2D eigenvalue weighted by Gasteiger charge is 2.13. The highest BCUT2D eigenvalue weighted by Crippen LogP contribution is 2.06. The maximum atomic E-state index is 12.6. The van der Waals surface area contributed by atoms with Gasteiger partial charge in [-0.3, -0.25) is 0 Å². The van der Waals surface area contributed by atoms with Crippen molar-refractivity contribution in [1.29, 1.82) is 0 Å². The van der Waals surface area contributed by atoms with Crippen LogP contribution >= 0.6 is 0 Å².